The summed E-state index contributed by atoms with van der Waals surface area (Å²) >= 11 is 3.45. The highest BCUT2D eigenvalue weighted by Gasteiger charge is 2.14. The fourth-order valence-electron chi connectivity index (χ4n) is 3.15. The normalized spacial score (nSPS) is 10.8. The van der Waals surface area contributed by atoms with E-state index in [1.807, 2.05) is 90.5 Å². The number of ether oxygens (including phenoxy) is 1. The van der Waals surface area contributed by atoms with Crippen LogP contribution in [0.4, 0.5) is 0 Å². The number of carbonyl (C=O) groups excluding carboxylic acids is 1. The molecule has 1 N–H and O–H groups in total. The maximum absolute atomic E-state index is 12.7. The Labute approximate surface area is 171 Å². The Hall–Kier alpha value is -3.05. The third kappa shape index (κ3) is 3.94. The van der Waals surface area contributed by atoms with E-state index >= 15 is 0 Å². The first-order valence-corrected chi connectivity index (χ1v) is 9.74. The van der Waals surface area contributed by atoms with Crippen LogP contribution in [0.5, 0.6) is 11.5 Å². The van der Waals surface area contributed by atoms with Crippen molar-refractivity contribution in [1.82, 2.24) is 9.88 Å². The summed E-state index contributed by atoms with van der Waals surface area (Å²) in [5, 5.41) is 3.95. The van der Waals surface area contributed by atoms with Crippen LogP contribution in [-0.2, 0) is 13.6 Å². The number of amides is 1. The minimum Gasteiger partial charge on any atom is -0.457 e. The predicted molar refractivity (Wildman–Crippen MR) is 115 cm³/mol. The van der Waals surface area contributed by atoms with Crippen LogP contribution >= 0.6 is 15.9 Å². The number of para-hydroxylation sites is 1. The second kappa shape index (κ2) is 7.90. The molecule has 1 aromatic heterocycles. The molecule has 0 fully saturated rings. The molecule has 0 saturated carbocycles. The van der Waals surface area contributed by atoms with Gasteiger partial charge in [0, 0.05) is 29.0 Å². The molecule has 140 valence electrons. The maximum atomic E-state index is 12.7. The van der Waals surface area contributed by atoms with Crippen LogP contribution in [0.15, 0.2) is 83.3 Å². The summed E-state index contributed by atoms with van der Waals surface area (Å²) < 4.78 is 8.79. The number of hydrogen-bond donors (Lipinski definition) is 1. The van der Waals surface area contributed by atoms with Gasteiger partial charge in [0.05, 0.1) is 0 Å². The topological polar surface area (TPSA) is 43.3 Å². The monoisotopic (exact) mass is 434 g/mol. The Morgan fingerprint density at radius 1 is 0.964 bits per heavy atom. The number of rotatable bonds is 5. The van der Waals surface area contributed by atoms with E-state index in [9.17, 15) is 4.79 Å². The van der Waals surface area contributed by atoms with Gasteiger partial charge in [-0.25, -0.2) is 0 Å². The van der Waals surface area contributed by atoms with E-state index in [1.165, 1.54) is 0 Å². The zero-order valence-corrected chi connectivity index (χ0v) is 16.9. The Morgan fingerprint density at radius 2 is 1.79 bits per heavy atom. The Kier molecular flexibility index (Phi) is 5.17. The fourth-order valence-corrected chi connectivity index (χ4v) is 3.60. The number of nitrogens with one attached hydrogen (secondary N) is 1. The first-order valence-electron chi connectivity index (χ1n) is 8.95. The largest absolute Gasteiger partial charge is 0.457 e. The lowest BCUT2D eigenvalue weighted by Gasteiger charge is -2.07. The first kappa shape index (κ1) is 18.3. The second-order valence-electron chi connectivity index (χ2n) is 6.54. The second-order valence-corrected chi connectivity index (χ2v) is 7.45. The van der Waals surface area contributed by atoms with Crippen molar-refractivity contribution >= 4 is 32.7 Å². The van der Waals surface area contributed by atoms with Crippen LogP contribution in [0.3, 0.4) is 0 Å². The Balaban J connectivity index is 1.54. The minimum absolute atomic E-state index is 0.107. The molecule has 3 aromatic carbocycles. The van der Waals surface area contributed by atoms with E-state index in [0.717, 1.165) is 32.4 Å². The summed E-state index contributed by atoms with van der Waals surface area (Å²) in [5.41, 5.74) is 2.63. The number of nitrogens with zero attached hydrogens (tertiary/aromatic N) is 1. The van der Waals surface area contributed by atoms with Crippen molar-refractivity contribution in [2.24, 2.45) is 7.05 Å². The quantitative estimate of drug-likeness (QED) is 0.440. The molecule has 1 heterocycles. The van der Waals surface area contributed by atoms with Gasteiger partial charge >= 0.3 is 0 Å². The molecule has 0 aliphatic heterocycles. The predicted octanol–water partition coefficient (Wildman–Crippen LogP) is 5.66. The maximum Gasteiger partial charge on any atom is 0.268 e. The van der Waals surface area contributed by atoms with Crippen LogP contribution in [0, 0.1) is 0 Å². The molecule has 0 aliphatic carbocycles. The van der Waals surface area contributed by atoms with Crippen molar-refractivity contribution < 1.29 is 9.53 Å². The van der Waals surface area contributed by atoms with Gasteiger partial charge in [0.25, 0.3) is 5.91 Å². The summed E-state index contributed by atoms with van der Waals surface area (Å²) in [6.45, 7) is 0.474. The molecule has 0 aliphatic rings. The van der Waals surface area contributed by atoms with E-state index in [0.29, 0.717) is 12.2 Å². The molecule has 4 nitrogen and oxygen atoms in total. The Bertz CT molecular complexity index is 1140. The van der Waals surface area contributed by atoms with Gasteiger partial charge in [0.1, 0.15) is 17.2 Å². The molecule has 1 amide bonds. The van der Waals surface area contributed by atoms with Gasteiger partial charge in [-0.05, 0) is 54.1 Å². The molecule has 0 saturated heterocycles. The molecule has 0 unspecified atom stereocenters. The minimum atomic E-state index is -0.107. The molecule has 4 aromatic rings. The lowest BCUT2D eigenvalue weighted by Crippen LogP contribution is -2.24. The highest BCUT2D eigenvalue weighted by molar-refractivity contribution is 9.10. The zero-order valence-electron chi connectivity index (χ0n) is 15.4. The smallest absolute Gasteiger partial charge is 0.268 e. The number of fused-ring (bicyclic) bond motifs is 1. The Morgan fingerprint density at radius 3 is 2.57 bits per heavy atom. The summed E-state index contributed by atoms with van der Waals surface area (Å²) in [4.78, 5) is 12.7. The molecule has 0 spiro atoms. The molecule has 4 rings (SSSR count). The molecule has 5 heteroatoms. The molecule has 28 heavy (non-hydrogen) atoms. The van der Waals surface area contributed by atoms with Crippen LogP contribution in [0.1, 0.15) is 16.1 Å². The van der Waals surface area contributed by atoms with Gasteiger partial charge < -0.3 is 14.6 Å². The van der Waals surface area contributed by atoms with Crippen molar-refractivity contribution in [3.8, 4) is 11.5 Å². The van der Waals surface area contributed by atoms with Crippen molar-refractivity contribution in [3.63, 3.8) is 0 Å². The van der Waals surface area contributed by atoms with Gasteiger partial charge in [-0.1, -0.05) is 46.3 Å². The van der Waals surface area contributed by atoms with E-state index in [4.69, 9.17) is 4.74 Å². The average molecular weight is 435 g/mol. The number of benzene rings is 3. The van der Waals surface area contributed by atoms with Crippen molar-refractivity contribution in [1.29, 1.82) is 0 Å². The number of carbonyl (C=O) groups is 1. The fraction of sp³-hybridized carbons (Fsp3) is 0.0870. The zero-order chi connectivity index (χ0) is 19.5. The van der Waals surface area contributed by atoms with Gasteiger partial charge in [0.15, 0.2) is 0 Å². The van der Waals surface area contributed by atoms with Crippen molar-refractivity contribution in [3.05, 3.63) is 94.6 Å². The van der Waals surface area contributed by atoms with E-state index in [-0.39, 0.29) is 5.91 Å². The van der Waals surface area contributed by atoms with Gasteiger partial charge in [-0.2, -0.15) is 0 Å². The van der Waals surface area contributed by atoms with E-state index in [2.05, 4.69) is 21.2 Å². The van der Waals surface area contributed by atoms with Crippen LogP contribution in [-0.4, -0.2) is 10.5 Å². The first-order chi connectivity index (χ1) is 13.6. The summed E-state index contributed by atoms with van der Waals surface area (Å²) in [7, 11) is 1.90. The standard InChI is InChI=1S/C23H19BrN2O2/c1-26-21-11-10-20(28-19-8-3-2-4-9-19)13-17(21)14-22(26)23(27)25-15-16-6-5-7-18(24)12-16/h2-14H,15H2,1H3,(H,25,27). The average Bonchev–Trinajstić information content (AvgIpc) is 3.03. The van der Waals surface area contributed by atoms with Crippen molar-refractivity contribution in [2.75, 3.05) is 0 Å². The van der Waals surface area contributed by atoms with Crippen molar-refractivity contribution in [2.45, 2.75) is 6.54 Å². The van der Waals surface area contributed by atoms with Gasteiger partial charge in [-0.15, -0.1) is 0 Å². The lowest BCUT2D eigenvalue weighted by molar-refractivity contribution is 0.0943. The number of aromatic nitrogens is 1. The number of aryl methyl sites for hydroxylation is 1. The molecular formula is C23H19BrN2O2. The third-order valence-electron chi connectivity index (χ3n) is 4.57. The molecule has 0 atom stereocenters. The molecule has 0 bridgehead atoms. The molecular weight excluding hydrogens is 416 g/mol. The van der Waals surface area contributed by atoms with Gasteiger partial charge in [-0.3, -0.25) is 4.79 Å². The van der Waals surface area contributed by atoms with E-state index in [1.54, 1.807) is 0 Å². The summed E-state index contributed by atoms with van der Waals surface area (Å²) in [6.07, 6.45) is 0. The highest BCUT2D eigenvalue weighted by Crippen LogP contribution is 2.27. The third-order valence-corrected chi connectivity index (χ3v) is 5.06. The summed E-state index contributed by atoms with van der Waals surface area (Å²) in [6, 6.07) is 25.3. The van der Waals surface area contributed by atoms with E-state index < -0.39 is 0 Å². The van der Waals surface area contributed by atoms with Crippen LogP contribution in [0.2, 0.25) is 0 Å². The lowest BCUT2D eigenvalue weighted by atomic mass is 10.2. The number of hydrogen-bond acceptors (Lipinski definition) is 2. The summed E-state index contributed by atoms with van der Waals surface area (Å²) in [5.74, 6) is 1.42. The van der Waals surface area contributed by atoms with Crippen LogP contribution in [0.25, 0.3) is 10.9 Å². The van der Waals surface area contributed by atoms with Crippen LogP contribution < -0.4 is 10.1 Å². The number of halogens is 1. The molecule has 0 radical (unpaired) electrons. The highest BCUT2D eigenvalue weighted by atomic mass is 79.9. The SMILES string of the molecule is Cn1c(C(=O)NCc2cccc(Br)c2)cc2cc(Oc3ccccc3)ccc21. The van der Waals surface area contributed by atoms with Gasteiger partial charge in [0.2, 0.25) is 0 Å².